The van der Waals surface area contributed by atoms with E-state index in [-0.39, 0.29) is 23.3 Å². The number of nitrogens with zero attached hydrogens (tertiary/aromatic N) is 5. The predicted molar refractivity (Wildman–Crippen MR) is 144 cm³/mol. The number of nitrogens with two attached hydrogens (primary N) is 2. The molecule has 0 aliphatic carbocycles. The van der Waals surface area contributed by atoms with Gasteiger partial charge in [0.25, 0.3) is 0 Å². The molecule has 12 nitrogen and oxygen atoms in total. The molecule has 0 aromatic carbocycles. The second-order valence-electron chi connectivity index (χ2n) is 9.67. The van der Waals surface area contributed by atoms with Crippen molar-refractivity contribution in [2.24, 2.45) is 0 Å². The number of amides is 1. The predicted octanol–water partition coefficient (Wildman–Crippen LogP) is 2.63. The number of hydrogen-bond acceptors (Lipinski definition) is 12. The van der Waals surface area contributed by atoms with E-state index in [4.69, 9.17) is 30.7 Å². The average Bonchev–Trinajstić information content (AvgIpc) is 2.82. The molecule has 3 rings (SSSR count). The third-order valence-corrected chi connectivity index (χ3v) is 6.47. The minimum atomic E-state index is -0.367. The van der Waals surface area contributed by atoms with Crippen LogP contribution in [0.3, 0.4) is 0 Å². The molecule has 0 radical (unpaired) electrons. The molecule has 2 aromatic rings. The summed E-state index contributed by atoms with van der Waals surface area (Å²) in [5, 5.41) is 3.18. The molecule has 0 atom stereocenters. The number of hydrogen-bond donors (Lipinski definition) is 3. The topological polar surface area (TPSA) is 154 Å². The maximum absolute atomic E-state index is 11.7. The van der Waals surface area contributed by atoms with Crippen LogP contribution in [0, 0.1) is 0 Å². The molecular weight excluding hydrogens is 496 g/mol. The van der Waals surface area contributed by atoms with Crippen LogP contribution in [-0.2, 0) is 4.74 Å². The van der Waals surface area contributed by atoms with E-state index in [1.54, 1.807) is 14.2 Å². The minimum Gasteiger partial charge on any atom is -0.495 e. The van der Waals surface area contributed by atoms with E-state index in [1.165, 1.54) is 17.8 Å². The highest BCUT2D eigenvalue weighted by molar-refractivity contribution is 7.99. The first kappa shape index (κ1) is 28.4. The zero-order valence-electron chi connectivity index (χ0n) is 22.2. The van der Waals surface area contributed by atoms with Crippen molar-refractivity contribution >= 4 is 35.3 Å². The number of nitrogen functional groups attached to an aromatic ring is 2. The summed E-state index contributed by atoms with van der Waals surface area (Å²) in [5.74, 6) is 2.38. The highest BCUT2D eigenvalue weighted by Gasteiger charge is 2.23. The van der Waals surface area contributed by atoms with Gasteiger partial charge in [-0.3, -0.25) is 4.90 Å². The summed E-state index contributed by atoms with van der Waals surface area (Å²) in [7, 11) is 3.17. The third kappa shape index (κ3) is 8.71. The van der Waals surface area contributed by atoms with Crippen LogP contribution in [0.25, 0.3) is 0 Å². The smallest absolute Gasteiger partial charge is 0.407 e. The molecule has 1 aliphatic rings. The summed E-state index contributed by atoms with van der Waals surface area (Å²) < 4.78 is 16.5. The SMILES string of the molecule is COc1cc(N2CCN(CCCCOC(=O)NC(C)(C)C)CC2)nc(OC)c1Sc1nc(N)cc(N)n1. The normalized spacial score (nSPS) is 14.4. The van der Waals surface area contributed by atoms with Crippen LogP contribution in [0.15, 0.2) is 22.2 Å². The number of nitrogens with one attached hydrogen (secondary N) is 1. The van der Waals surface area contributed by atoms with Crippen molar-refractivity contribution < 1.29 is 19.0 Å². The monoisotopic (exact) mass is 534 g/mol. The highest BCUT2D eigenvalue weighted by atomic mass is 32.2. The van der Waals surface area contributed by atoms with Crippen molar-refractivity contribution in [3.05, 3.63) is 12.1 Å². The van der Waals surface area contributed by atoms with E-state index in [0.29, 0.717) is 28.3 Å². The Kier molecular flexibility index (Phi) is 9.86. The Morgan fingerprint density at radius 1 is 1.03 bits per heavy atom. The Hall–Kier alpha value is -3.19. The number of rotatable bonds is 10. The van der Waals surface area contributed by atoms with E-state index in [1.807, 2.05) is 26.8 Å². The van der Waals surface area contributed by atoms with E-state index in [0.717, 1.165) is 51.4 Å². The largest absolute Gasteiger partial charge is 0.495 e. The first-order valence-electron chi connectivity index (χ1n) is 12.2. The number of ether oxygens (including phenoxy) is 3. The molecule has 1 saturated heterocycles. The molecule has 5 N–H and O–H groups in total. The van der Waals surface area contributed by atoms with Gasteiger partial charge in [0.2, 0.25) is 5.88 Å². The summed E-state index contributed by atoms with van der Waals surface area (Å²) in [6.07, 6.45) is 1.42. The van der Waals surface area contributed by atoms with Gasteiger partial charge in [-0.15, -0.1) is 0 Å². The van der Waals surface area contributed by atoms with Gasteiger partial charge in [-0.05, 0) is 51.9 Å². The van der Waals surface area contributed by atoms with Gasteiger partial charge < -0.3 is 35.9 Å². The van der Waals surface area contributed by atoms with Crippen LogP contribution in [0.2, 0.25) is 0 Å². The molecule has 2 aromatic heterocycles. The van der Waals surface area contributed by atoms with Crippen LogP contribution < -0.4 is 31.2 Å². The fourth-order valence-corrected chi connectivity index (χ4v) is 4.71. The maximum atomic E-state index is 11.7. The maximum Gasteiger partial charge on any atom is 0.407 e. The first-order chi connectivity index (χ1) is 17.6. The number of piperazine rings is 1. The van der Waals surface area contributed by atoms with E-state index in [2.05, 4.69) is 25.1 Å². The van der Waals surface area contributed by atoms with Crippen molar-refractivity contribution in [3.63, 3.8) is 0 Å². The number of anilines is 3. The molecule has 3 heterocycles. The van der Waals surface area contributed by atoms with Crippen LogP contribution in [-0.4, -0.2) is 85.0 Å². The second-order valence-corrected chi connectivity index (χ2v) is 10.6. The highest BCUT2D eigenvalue weighted by Crippen LogP contribution is 2.42. The zero-order chi connectivity index (χ0) is 27.0. The molecule has 37 heavy (non-hydrogen) atoms. The van der Waals surface area contributed by atoms with Gasteiger partial charge in [0.05, 0.1) is 20.8 Å². The fraction of sp³-hybridized carbons (Fsp3) is 0.583. The lowest BCUT2D eigenvalue weighted by atomic mass is 10.1. The summed E-state index contributed by atoms with van der Waals surface area (Å²) in [6.45, 7) is 10.6. The number of carbonyl (C=O) groups excluding carboxylic acids is 1. The van der Waals surface area contributed by atoms with Gasteiger partial charge in [-0.25, -0.2) is 14.8 Å². The van der Waals surface area contributed by atoms with Crippen molar-refractivity contribution in [1.29, 1.82) is 0 Å². The molecule has 0 saturated carbocycles. The summed E-state index contributed by atoms with van der Waals surface area (Å²) in [4.78, 5) is 30.2. The average molecular weight is 535 g/mol. The summed E-state index contributed by atoms with van der Waals surface area (Å²) >= 11 is 1.23. The van der Waals surface area contributed by atoms with E-state index < -0.39 is 0 Å². The van der Waals surface area contributed by atoms with E-state index in [9.17, 15) is 4.79 Å². The Morgan fingerprint density at radius 3 is 2.30 bits per heavy atom. The van der Waals surface area contributed by atoms with Gasteiger partial charge >= 0.3 is 6.09 Å². The molecule has 204 valence electrons. The molecule has 13 heteroatoms. The van der Waals surface area contributed by atoms with Gasteiger partial charge in [-0.1, -0.05) is 0 Å². The Bertz CT molecular complexity index is 1010. The molecule has 0 unspecified atom stereocenters. The Balaban J connectivity index is 1.53. The molecule has 1 aliphatic heterocycles. The van der Waals surface area contributed by atoms with Crippen LogP contribution >= 0.6 is 11.8 Å². The Labute approximate surface area is 222 Å². The third-order valence-electron chi connectivity index (χ3n) is 5.52. The number of alkyl carbamates (subject to hydrolysis) is 1. The van der Waals surface area contributed by atoms with Crippen molar-refractivity contribution in [2.45, 2.75) is 49.2 Å². The van der Waals surface area contributed by atoms with Gasteiger partial charge in [0, 0.05) is 43.9 Å². The molecule has 0 bridgehead atoms. The molecular formula is C24H38N8O4S. The lowest BCUT2D eigenvalue weighted by Crippen LogP contribution is -2.47. The van der Waals surface area contributed by atoms with Crippen LogP contribution in [0.1, 0.15) is 33.6 Å². The molecule has 0 spiro atoms. The quantitative estimate of drug-likeness (QED) is 0.303. The molecule has 1 amide bonds. The van der Waals surface area contributed by atoms with Gasteiger partial charge in [0.15, 0.2) is 5.16 Å². The van der Waals surface area contributed by atoms with Crippen LogP contribution in [0.5, 0.6) is 11.6 Å². The van der Waals surface area contributed by atoms with Crippen molar-refractivity contribution in [1.82, 2.24) is 25.2 Å². The number of methoxy groups -OCH3 is 2. The number of aromatic nitrogens is 3. The summed E-state index contributed by atoms with van der Waals surface area (Å²) in [6, 6.07) is 3.40. The van der Waals surface area contributed by atoms with Crippen molar-refractivity contribution in [3.8, 4) is 11.6 Å². The summed E-state index contributed by atoms with van der Waals surface area (Å²) in [5.41, 5.74) is 11.3. The number of unbranched alkanes of at least 4 members (excludes halogenated alkanes) is 1. The number of carbonyl (C=O) groups is 1. The standard InChI is InChI=1S/C24H38N8O4S/c1-24(2,3)30-23(33)36-13-7-6-8-31-9-11-32(12-10-31)19-14-16(34-4)20(21(29-19)35-5)37-22-27-17(25)15-18(26)28-22/h14-15H,6-13H2,1-5H3,(H,30,33)(H4,25,26,27,28). The van der Waals surface area contributed by atoms with Gasteiger partial charge in [0.1, 0.15) is 28.1 Å². The number of pyridine rings is 1. The lowest BCUT2D eigenvalue weighted by Gasteiger charge is -2.35. The Morgan fingerprint density at radius 2 is 1.70 bits per heavy atom. The lowest BCUT2D eigenvalue weighted by molar-refractivity contribution is 0.133. The minimum absolute atomic E-state index is 0.286. The van der Waals surface area contributed by atoms with Crippen LogP contribution in [0.4, 0.5) is 22.2 Å². The van der Waals surface area contributed by atoms with E-state index >= 15 is 0 Å². The first-order valence-corrected chi connectivity index (χ1v) is 13.0. The zero-order valence-corrected chi connectivity index (χ0v) is 23.1. The fourth-order valence-electron chi connectivity index (χ4n) is 3.77. The van der Waals surface area contributed by atoms with Gasteiger partial charge in [-0.2, -0.15) is 4.98 Å². The van der Waals surface area contributed by atoms with Crippen molar-refractivity contribution in [2.75, 3.05) is 69.9 Å². The second kappa shape index (κ2) is 12.9. The molecule has 1 fully saturated rings.